The zero-order valence-electron chi connectivity index (χ0n) is 11.4. The van der Waals surface area contributed by atoms with Crippen LogP contribution in [0, 0.1) is 6.92 Å². The average Bonchev–Trinajstić information content (AvgIpc) is 2.43. The molecule has 0 fully saturated rings. The number of hydrogen-bond donors (Lipinski definition) is 0. The van der Waals surface area contributed by atoms with Crippen molar-refractivity contribution in [1.82, 2.24) is 0 Å². The molecular weight excluding hydrogens is 338 g/mol. The van der Waals surface area contributed by atoms with Gasteiger partial charge in [0.05, 0.1) is 10.6 Å². The van der Waals surface area contributed by atoms with Crippen molar-refractivity contribution < 1.29 is 8.42 Å². The zero-order valence-corrected chi connectivity index (χ0v) is 13.8. The number of hydrogen-bond acceptors (Lipinski definition) is 2. The van der Waals surface area contributed by atoms with E-state index >= 15 is 0 Å². The lowest BCUT2D eigenvalue weighted by Crippen LogP contribution is -2.30. The SMILES string of the molecule is CCN(c1ccccc1)S(=O)(=O)c1ccc(Br)c(C)c1. The number of halogens is 1. The lowest BCUT2D eigenvalue weighted by Gasteiger charge is -2.23. The fourth-order valence-electron chi connectivity index (χ4n) is 1.99. The average molecular weight is 354 g/mol. The zero-order chi connectivity index (χ0) is 14.8. The fraction of sp³-hybridized carbons (Fsp3) is 0.200. The molecule has 0 spiro atoms. The first-order chi connectivity index (χ1) is 9.46. The molecule has 0 atom stereocenters. The van der Waals surface area contributed by atoms with Crippen molar-refractivity contribution in [2.45, 2.75) is 18.7 Å². The molecule has 0 amide bonds. The lowest BCUT2D eigenvalue weighted by atomic mass is 10.2. The van der Waals surface area contributed by atoms with E-state index in [1.807, 2.05) is 32.0 Å². The molecule has 0 N–H and O–H groups in total. The highest BCUT2D eigenvalue weighted by atomic mass is 79.9. The summed E-state index contributed by atoms with van der Waals surface area (Å²) in [6.07, 6.45) is 0. The van der Waals surface area contributed by atoms with Crippen molar-refractivity contribution in [3.63, 3.8) is 0 Å². The van der Waals surface area contributed by atoms with E-state index in [9.17, 15) is 8.42 Å². The Hall–Kier alpha value is -1.33. The number of benzene rings is 2. The minimum absolute atomic E-state index is 0.309. The van der Waals surface area contributed by atoms with Crippen molar-refractivity contribution in [1.29, 1.82) is 0 Å². The molecule has 0 unspecified atom stereocenters. The second kappa shape index (κ2) is 5.97. The highest BCUT2D eigenvalue weighted by molar-refractivity contribution is 9.10. The van der Waals surface area contributed by atoms with Crippen molar-refractivity contribution in [3.05, 3.63) is 58.6 Å². The quantitative estimate of drug-likeness (QED) is 0.833. The minimum atomic E-state index is -3.53. The van der Waals surface area contributed by atoms with Crippen LogP contribution >= 0.6 is 15.9 Å². The highest BCUT2D eigenvalue weighted by Crippen LogP contribution is 2.26. The summed E-state index contributed by atoms with van der Waals surface area (Å²) in [7, 11) is -3.53. The Morgan fingerprint density at radius 3 is 2.30 bits per heavy atom. The van der Waals surface area contributed by atoms with Crippen molar-refractivity contribution in [2.75, 3.05) is 10.8 Å². The summed E-state index contributed by atoms with van der Waals surface area (Å²) in [5, 5.41) is 0. The van der Waals surface area contributed by atoms with E-state index in [0.717, 1.165) is 10.0 Å². The largest absolute Gasteiger partial charge is 0.267 e. The van der Waals surface area contributed by atoms with Crippen LogP contribution in [0.1, 0.15) is 12.5 Å². The van der Waals surface area contributed by atoms with Crippen molar-refractivity contribution in [2.24, 2.45) is 0 Å². The maximum Gasteiger partial charge on any atom is 0.264 e. The van der Waals surface area contributed by atoms with Crippen LogP contribution < -0.4 is 4.31 Å². The first-order valence-electron chi connectivity index (χ1n) is 6.30. The van der Waals surface area contributed by atoms with Crippen LogP contribution in [0.25, 0.3) is 0 Å². The number of aryl methyl sites for hydroxylation is 1. The maximum absolute atomic E-state index is 12.7. The van der Waals surface area contributed by atoms with Crippen LogP contribution in [0.5, 0.6) is 0 Å². The van der Waals surface area contributed by atoms with Gasteiger partial charge in [0.25, 0.3) is 10.0 Å². The van der Waals surface area contributed by atoms with Crippen LogP contribution in [-0.2, 0) is 10.0 Å². The summed E-state index contributed by atoms with van der Waals surface area (Å²) < 4.78 is 27.8. The summed E-state index contributed by atoms with van der Waals surface area (Å²) in [4.78, 5) is 0.309. The molecule has 0 aliphatic carbocycles. The first kappa shape index (κ1) is 15.1. The maximum atomic E-state index is 12.7. The molecule has 0 aliphatic rings. The molecule has 20 heavy (non-hydrogen) atoms. The molecule has 0 heterocycles. The van der Waals surface area contributed by atoms with E-state index in [1.165, 1.54) is 4.31 Å². The van der Waals surface area contributed by atoms with E-state index in [4.69, 9.17) is 0 Å². The number of sulfonamides is 1. The molecule has 2 rings (SSSR count). The Balaban J connectivity index is 2.50. The van der Waals surface area contributed by atoms with Gasteiger partial charge in [0.1, 0.15) is 0 Å². The Morgan fingerprint density at radius 1 is 1.10 bits per heavy atom. The van der Waals surface area contributed by atoms with E-state index < -0.39 is 10.0 Å². The molecule has 0 aromatic heterocycles. The van der Waals surface area contributed by atoms with Gasteiger partial charge in [-0.1, -0.05) is 34.1 Å². The van der Waals surface area contributed by atoms with Crippen molar-refractivity contribution >= 4 is 31.6 Å². The molecule has 2 aromatic carbocycles. The summed E-state index contributed by atoms with van der Waals surface area (Å²) in [5.74, 6) is 0. The van der Waals surface area contributed by atoms with Gasteiger partial charge >= 0.3 is 0 Å². The number of anilines is 1. The Labute approximate surface area is 128 Å². The summed E-state index contributed by atoms with van der Waals surface area (Å²) in [6.45, 7) is 4.10. The second-order valence-corrected chi connectivity index (χ2v) is 7.13. The molecule has 3 nitrogen and oxygen atoms in total. The summed E-state index contributed by atoms with van der Waals surface area (Å²) >= 11 is 3.39. The van der Waals surface area contributed by atoms with E-state index in [2.05, 4.69) is 15.9 Å². The summed E-state index contributed by atoms with van der Waals surface area (Å²) in [6, 6.07) is 14.2. The topological polar surface area (TPSA) is 37.4 Å². The van der Waals surface area contributed by atoms with E-state index in [1.54, 1.807) is 30.3 Å². The third-order valence-electron chi connectivity index (χ3n) is 3.05. The Morgan fingerprint density at radius 2 is 1.75 bits per heavy atom. The summed E-state index contributed by atoms with van der Waals surface area (Å²) in [5.41, 5.74) is 1.57. The van der Waals surface area contributed by atoms with Gasteiger partial charge < -0.3 is 0 Å². The standard InChI is InChI=1S/C15H16BrNO2S/c1-3-17(13-7-5-4-6-8-13)20(18,19)14-9-10-15(16)12(2)11-14/h4-11H,3H2,1-2H3. The van der Waals surface area contributed by atoms with Gasteiger partial charge in [-0.2, -0.15) is 0 Å². The van der Waals surface area contributed by atoms with Gasteiger partial charge in [-0.15, -0.1) is 0 Å². The molecular formula is C15H16BrNO2S. The predicted octanol–water partition coefficient (Wildman–Crippen LogP) is 3.97. The fourth-order valence-corrected chi connectivity index (χ4v) is 3.80. The van der Waals surface area contributed by atoms with Gasteiger partial charge in [-0.3, -0.25) is 4.31 Å². The van der Waals surface area contributed by atoms with E-state index in [-0.39, 0.29) is 0 Å². The number of nitrogens with zero attached hydrogens (tertiary/aromatic N) is 1. The van der Waals surface area contributed by atoms with Gasteiger partial charge in [0.15, 0.2) is 0 Å². The molecule has 0 bridgehead atoms. The van der Waals surface area contributed by atoms with E-state index in [0.29, 0.717) is 17.1 Å². The molecule has 0 saturated carbocycles. The molecule has 0 radical (unpaired) electrons. The van der Waals surface area contributed by atoms with Gasteiger partial charge in [0, 0.05) is 11.0 Å². The number of rotatable bonds is 4. The molecule has 2 aromatic rings. The Kier molecular flexibility index (Phi) is 4.50. The second-order valence-electron chi connectivity index (χ2n) is 4.42. The lowest BCUT2D eigenvalue weighted by molar-refractivity contribution is 0.592. The van der Waals surface area contributed by atoms with Crippen molar-refractivity contribution in [3.8, 4) is 0 Å². The van der Waals surface area contributed by atoms with Crippen LogP contribution in [0.15, 0.2) is 57.9 Å². The molecule has 5 heteroatoms. The van der Waals surface area contributed by atoms with Crippen LogP contribution in [-0.4, -0.2) is 15.0 Å². The van der Waals surface area contributed by atoms with Gasteiger partial charge in [-0.25, -0.2) is 8.42 Å². The molecule has 0 aliphatic heterocycles. The normalized spacial score (nSPS) is 11.3. The first-order valence-corrected chi connectivity index (χ1v) is 8.54. The third-order valence-corrected chi connectivity index (χ3v) is 5.84. The number of para-hydroxylation sites is 1. The molecule has 0 saturated heterocycles. The Bertz CT molecular complexity index is 699. The van der Waals surface area contributed by atoms with Crippen LogP contribution in [0.3, 0.4) is 0 Å². The smallest absolute Gasteiger partial charge is 0.264 e. The third kappa shape index (κ3) is 2.88. The molecule has 106 valence electrons. The monoisotopic (exact) mass is 353 g/mol. The van der Waals surface area contributed by atoms with Crippen LogP contribution in [0.4, 0.5) is 5.69 Å². The van der Waals surface area contributed by atoms with Gasteiger partial charge in [-0.05, 0) is 49.7 Å². The van der Waals surface area contributed by atoms with Gasteiger partial charge in [0.2, 0.25) is 0 Å². The van der Waals surface area contributed by atoms with Crippen LogP contribution in [0.2, 0.25) is 0 Å². The minimum Gasteiger partial charge on any atom is -0.267 e. The predicted molar refractivity (Wildman–Crippen MR) is 85.5 cm³/mol. The highest BCUT2D eigenvalue weighted by Gasteiger charge is 2.23.